The highest BCUT2D eigenvalue weighted by molar-refractivity contribution is 5.94. The maximum Gasteiger partial charge on any atom is 0.158 e. The summed E-state index contributed by atoms with van der Waals surface area (Å²) in [6.07, 6.45) is 4.60. The monoisotopic (exact) mass is 502 g/mol. The molecule has 0 aliphatic heterocycles. The molecule has 3 heterocycles. The van der Waals surface area contributed by atoms with Crippen LogP contribution < -0.4 is 20.5 Å². The van der Waals surface area contributed by atoms with Crippen LogP contribution in [0.15, 0.2) is 55.2 Å². The van der Waals surface area contributed by atoms with Gasteiger partial charge in [0.2, 0.25) is 0 Å². The summed E-state index contributed by atoms with van der Waals surface area (Å²) in [5.41, 5.74) is 8.95. The zero-order chi connectivity index (χ0) is 25.9. The molecule has 37 heavy (non-hydrogen) atoms. The fraction of sp³-hybridized carbons (Fsp3) is 0.231. The lowest BCUT2D eigenvalue weighted by Gasteiger charge is -2.16. The van der Waals surface area contributed by atoms with Crippen molar-refractivity contribution in [3.8, 4) is 17.2 Å². The number of ether oxygens (including phenoxy) is 2. The molecule has 190 valence electrons. The van der Waals surface area contributed by atoms with Crippen molar-refractivity contribution in [2.75, 3.05) is 37.8 Å². The molecule has 5 aromatic rings. The van der Waals surface area contributed by atoms with Gasteiger partial charge in [0.15, 0.2) is 5.65 Å². The number of likely N-dealkylation sites (N-methyl/N-ethyl adjacent to an activating group) is 1. The van der Waals surface area contributed by atoms with Crippen molar-refractivity contribution >= 4 is 33.7 Å². The number of rotatable bonds is 9. The van der Waals surface area contributed by atoms with Gasteiger partial charge in [0.1, 0.15) is 48.1 Å². The second-order valence-electron chi connectivity index (χ2n) is 8.62. The van der Waals surface area contributed by atoms with Crippen LogP contribution in [0.3, 0.4) is 0 Å². The molecular formula is C26H27FN8O2. The highest BCUT2D eigenvalue weighted by atomic mass is 19.1. The third-order valence-electron chi connectivity index (χ3n) is 6.03. The van der Waals surface area contributed by atoms with Crippen LogP contribution in [0.4, 0.5) is 21.6 Å². The minimum Gasteiger partial charge on any atom is -0.490 e. The van der Waals surface area contributed by atoms with Crippen LogP contribution in [0.2, 0.25) is 0 Å². The molecule has 0 spiro atoms. The highest BCUT2D eigenvalue weighted by Gasteiger charge is 2.14. The van der Waals surface area contributed by atoms with E-state index in [9.17, 15) is 0 Å². The Kier molecular flexibility index (Phi) is 6.69. The molecule has 11 heteroatoms. The molecule has 0 saturated heterocycles. The number of fused-ring (bicyclic) bond motifs is 2. The van der Waals surface area contributed by atoms with Crippen LogP contribution in [-0.4, -0.2) is 56.2 Å². The smallest absolute Gasteiger partial charge is 0.158 e. The van der Waals surface area contributed by atoms with Crippen LogP contribution in [0.5, 0.6) is 17.2 Å². The van der Waals surface area contributed by atoms with E-state index in [-0.39, 0.29) is 5.69 Å². The lowest BCUT2D eigenvalue weighted by molar-refractivity contribution is 0.245. The van der Waals surface area contributed by atoms with E-state index in [0.717, 1.165) is 18.7 Å². The fourth-order valence-electron chi connectivity index (χ4n) is 3.78. The first-order valence-corrected chi connectivity index (χ1v) is 11.8. The average Bonchev–Trinajstić information content (AvgIpc) is 3.35. The van der Waals surface area contributed by atoms with Gasteiger partial charge in [0.05, 0.1) is 16.9 Å². The molecule has 3 N–H and O–H groups in total. The van der Waals surface area contributed by atoms with E-state index >= 15 is 4.39 Å². The largest absolute Gasteiger partial charge is 0.490 e. The van der Waals surface area contributed by atoms with Crippen LogP contribution in [-0.2, 0) is 0 Å². The van der Waals surface area contributed by atoms with Crippen LogP contribution in [0.25, 0.3) is 16.6 Å². The SMILES string of the molecule is CCN(C)CCOc1cc2ncnc(Nc3cc(C)c(Oc4ccn5ncnc5c4)cc3F)c2cc1N. The van der Waals surface area contributed by atoms with E-state index in [2.05, 4.69) is 37.2 Å². The number of nitrogens with two attached hydrogens (primary N) is 1. The summed E-state index contributed by atoms with van der Waals surface area (Å²) in [5.74, 6) is 1.40. The Hall–Kier alpha value is -4.51. The van der Waals surface area contributed by atoms with E-state index in [0.29, 0.717) is 51.9 Å². The number of hydrogen-bond acceptors (Lipinski definition) is 9. The molecule has 0 amide bonds. The molecule has 0 saturated carbocycles. The van der Waals surface area contributed by atoms with Gasteiger partial charge in [-0.2, -0.15) is 5.10 Å². The first-order valence-electron chi connectivity index (χ1n) is 11.8. The minimum absolute atomic E-state index is 0.249. The summed E-state index contributed by atoms with van der Waals surface area (Å²) in [6.45, 7) is 6.13. The molecule has 0 fully saturated rings. The third kappa shape index (κ3) is 5.21. The van der Waals surface area contributed by atoms with Crippen molar-refractivity contribution in [2.45, 2.75) is 13.8 Å². The number of pyridine rings is 1. The Balaban J connectivity index is 1.37. The Bertz CT molecular complexity index is 1570. The summed E-state index contributed by atoms with van der Waals surface area (Å²) in [4.78, 5) is 14.9. The Labute approximate surface area is 212 Å². The van der Waals surface area contributed by atoms with Crippen LogP contribution in [0, 0.1) is 12.7 Å². The van der Waals surface area contributed by atoms with Crippen molar-refractivity contribution in [3.05, 3.63) is 66.6 Å². The maximum atomic E-state index is 15.1. The van der Waals surface area contributed by atoms with Gasteiger partial charge in [-0.05, 0) is 44.3 Å². The summed E-state index contributed by atoms with van der Waals surface area (Å²) < 4.78 is 28.5. The molecule has 10 nitrogen and oxygen atoms in total. The first kappa shape index (κ1) is 24.2. The molecule has 0 bridgehead atoms. The van der Waals surface area contributed by atoms with Crippen LogP contribution in [0.1, 0.15) is 12.5 Å². The number of halogens is 1. The molecule has 2 aromatic carbocycles. The number of nitrogens with one attached hydrogen (secondary N) is 1. The van der Waals surface area contributed by atoms with E-state index in [1.165, 1.54) is 18.7 Å². The molecular weight excluding hydrogens is 475 g/mol. The molecule has 0 atom stereocenters. The fourth-order valence-corrected chi connectivity index (χ4v) is 3.78. The zero-order valence-corrected chi connectivity index (χ0v) is 20.8. The van der Waals surface area contributed by atoms with E-state index < -0.39 is 5.82 Å². The molecule has 0 radical (unpaired) electrons. The van der Waals surface area contributed by atoms with Crippen LogP contribution >= 0.6 is 0 Å². The second-order valence-corrected chi connectivity index (χ2v) is 8.62. The number of nitrogen functional groups attached to an aromatic ring is 1. The first-order chi connectivity index (χ1) is 17.9. The van der Waals surface area contributed by atoms with Gasteiger partial charge >= 0.3 is 0 Å². The number of hydrogen-bond donors (Lipinski definition) is 2. The third-order valence-corrected chi connectivity index (χ3v) is 6.03. The molecule has 3 aromatic heterocycles. The van der Waals surface area contributed by atoms with Crippen molar-refractivity contribution in [2.24, 2.45) is 0 Å². The zero-order valence-electron chi connectivity index (χ0n) is 20.8. The van der Waals surface area contributed by atoms with Gasteiger partial charge in [0.25, 0.3) is 0 Å². The Morgan fingerprint density at radius 3 is 2.78 bits per heavy atom. The molecule has 0 aliphatic rings. The van der Waals surface area contributed by atoms with Crippen molar-refractivity contribution in [3.63, 3.8) is 0 Å². The number of benzene rings is 2. The summed E-state index contributed by atoms with van der Waals surface area (Å²) in [5, 5.41) is 7.78. The Morgan fingerprint density at radius 2 is 1.95 bits per heavy atom. The maximum absolute atomic E-state index is 15.1. The van der Waals surface area contributed by atoms with Gasteiger partial charge in [-0.25, -0.2) is 23.9 Å². The van der Waals surface area contributed by atoms with Gasteiger partial charge in [-0.1, -0.05) is 6.92 Å². The highest BCUT2D eigenvalue weighted by Crippen LogP contribution is 2.34. The summed E-state index contributed by atoms with van der Waals surface area (Å²) >= 11 is 0. The quantitative estimate of drug-likeness (QED) is 0.280. The van der Waals surface area contributed by atoms with Gasteiger partial charge in [0, 0.05) is 36.3 Å². The summed E-state index contributed by atoms with van der Waals surface area (Å²) in [7, 11) is 2.02. The molecule has 5 rings (SSSR count). The normalized spacial score (nSPS) is 11.4. The summed E-state index contributed by atoms with van der Waals surface area (Å²) in [6, 6.07) is 9.98. The lowest BCUT2D eigenvalue weighted by atomic mass is 10.1. The number of nitrogens with zero attached hydrogens (tertiary/aromatic N) is 6. The van der Waals surface area contributed by atoms with E-state index in [4.69, 9.17) is 15.2 Å². The van der Waals surface area contributed by atoms with Crippen molar-refractivity contribution < 1.29 is 13.9 Å². The standard InChI is InChI=1S/C26H27FN8O2/c1-4-34(3)7-8-36-24-13-21-18(11-20(24)28)26(31-14-29-21)33-22-9-16(2)23(12-19(22)27)37-17-5-6-35-25(10-17)30-15-32-35/h5-6,9-15H,4,7-8,28H2,1-3H3,(H,29,31,33). The molecule has 0 aliphatic carbocycles. The number of aromatic nitrogens is 5. The van der Waals surface area contributed by atoms with E-state index in [1.807, 2.05) is 14.0 Å². The minimum atomic E-state index is -0.496. The van der Waals surface area contributed by atoms with Crippen molar-refractivity contribution in [1.82, 2.24) is 29.5 Å². The average molecular weight is 503 g/mol. The molecule has 0 unspecified atom stereocenters. The number of aryl methyl sites for hydroxylation is 1. The van der Waals surface area contributed by atoms with E-state index in [1.54, 1.807) is 41.0 Å². The second kappa shape index (κ2) is 10.2. The predicted octanol–water partition coefficient (Wildman–Crippen LogP) is 4.57. The van der Waals surface area contributed by atoms with Gasteiger partial charge in [-0.15, -0.1) is 0 Å². The van der Waals surface area contributed by atoms with Crippen molar-refractivity contribution in [1.29, 1.82) is 0 Å². The van der Waals surface area contributed by atoms with Gasteiger partial charge < -0.3 is 25.4 Å². The topological polar surface area (TPSA) is 116 Å². The number of anilines is 3. The predicted molar refractivity (Wildman–Crippen MR) is 140 cm³/mol. The Morgan fingerprint density at radius 1 is 1.08 bits per heavy atom. The lowest BCUT2D eigenvalue weighted by Crippen LogP contribution is -2.23. The van der Waals surface area contributed by atoms with Gasteiger partial charge in [-0.3, -0.25) is 0 Å².